The Hall–Kier alpha value is -9.44. The summed E-state index contributed by atoms with van der Waals surface area (Å²) < 4.78 is 24.6. The molecular weight excluding hydrogens is 1960 g/mol. The number of halogens is 4. The number of benzene rings is 4. The smallest absolute Gasteiger partial charge is 0.246 e. The van der Waals surface area contributed by atoms with Crippen LogP contribution in [0.15, 0.2) is 97.1 Å². The van der Waals surface area contributed by atoms with E-state index in [1.54, 1.807) is 54.6 Å². The molecule has 0 bridgehead atoms. The molecule has 4 saturated heterocycles. The molecule has 4 aliphatic carbocycles. The van der Waals surface area contributed by atoms with Gasteiger partial charge in [0.15, 0.2) is 0 Å². The number of unbranched alkanes of at least 4 members (excludes halogenated alkanes) is 2. The van der Waals surface area contributed by atoms with Crippen LogP contribution >= 0.6 is 49.6 Å². The molecule has 12 rings (SSSR count). The molecule has 4 heterocycles. The molecule has 4 aliphatic heterocycles. The fourth-order valence-electron chi connectivity index (χ4n) is 20.0. The van der Waals surface area contributed by atoms with Gasteiger partial charge in [0.25, 0.3) is 0 Å². The summed E-state index contributed by atoms with van der Waals surface area (Å²) in [7, 11) is 4.99. The Labute approximate surface area is 906 Å². The Balaban J connectivity index is 0.000000354. The Morgan fingerprint density at radius 2 is 0.635 bits per heavy atom. The van der Waals surface area contributed by atoms with E-state index in [4.69, 9.17) is 18.9 Å². The normalized spacial score (nSPS) is 22.3. The van der Waals surface area contributed by atoms with E-state index in [-0.39, 0.29) is 181 Å². The molecule has 824 valence electrons. The van der Waals surface area contributed by atoms with Gasteiger partial charge in [-0.3, -0.25) is 57.5 Å². The van der Waals surface area contributed by atoms with Crippen molar-refractivity contribution in [1.29, 1.82) is 0 Å². The second-order valence-corrected chi connectivity index (χ2v) is 44.4. The van der Waals surface area contributed by atoms with E-state index in [1.165, 1.54) is 22.3 Å². The minimum Gasteiger partial charge on any atom is -0.375 e. The van der Waals surface area contributed by atoms with Gasteiger partial charge in [-0.2, -0.15) is 0 Å². The van der Waals surface area contributed by atoms with Crippen molar-refractivity contribution in [3.05, 3.63) is 142 Å². The fourth-order valence-corrected chi connectivity index (χ4v) is 20.0. The minimum absolute atomic E-state index is 0. The highest BCUT2D eigenvalue weighted by atomic mass is 35.5. The van der Waals surface area contributed by atoms with Crippen molar-refractivity contribution in [3.8, 4) is 23.7 Å². The van der Waals surface area contributed by atoms with Crippen LogP contribution in [0.5, 0.6) is 0 Å². The van der Waals surface area contributed by atoms with E-state index in [2.05, 4.69) is 140 Å². The highest BCUT2D eigenvalue weighted by Crippen LogP contribution is 2.41. The van der Waals surface area contributed by atoms with Gasteiger partial charge in [-0.1, -0.05) is 253 Å². The zero-order valence-corrected chi connectivity index (χ0v) is 95.4. The van der Waals surface area contributed by atoms with Crippen molar-refractivity contribution in [2.75, 3.05) is 73.7 Å². The van der Waals surface area contributed by atoms with Crippen LogP contribution in [0.4, 0.5) is 0 Å². The number of ether oxygens (including phenoxy) is 4. The van der Waals surface area contributed by atoms with E-state index < -0.39 is 82.1 Å². The number of likely N-dealkylation sites (tertiary alicyclic amines) is 4. The number of hydrogen-bond acceptors (Lipinski definition) is 18. The molecule has 12 amide bonds. The molecule has 20 atom stereocenters. The van der Waals surface area contributed by atoms with Crippen molar-refractivity contribution < 1.29 is 76.5 Å². The first kappa shape index (κ1) is 129. The highest BCUT2D eigenvalue weighted by Gasteiger charge is 2.50. The van der Waals surface area contributed by atoms with E-state index >= 15 is 0 Å². The molecule has 148 heavy (non-hydrogen) atoms. The molecule has 0 radical (unpaired) electrons. The van der Waals surface area contributed by atoms with Gasteiger partial charge in [0.2, 0.25) is 70.9 Å². The zero-order valence-electron chi connectivity index (χ0n) is 92.1. The first-order chi connectivity index (χ1) is 68.3. The van der Waals surface area contributed by atoms with Crippen LogP contribution in [-0.4, -0.2) is 249 Å². The molecule has 4 aromatic rings. The quantitative estimate of drug-likeness (QED) is 0.0151. The van der Waals surface area contributed by atoms with Gasteiger partial charge in [-0.15, -0.1) is 49.6 Å². The molecule has 3 unspecified atom stereocenters. The van der Waals surface area contributed by atoms with Crippen LogP contribution in [0, 0.1) is 57.2 Å². The Bertz CT molecular complexity index is 5170. The summed E-state index contributed by atoms with van der Waals surface area (Å²) in [6, 6.07) is 26.0. The second-order valence-electron chi connectivity index (χ2n) is 44.4. The van der Waals surface area contributed by atoms with Gasteiger partial charge in [-0.25, -0.2) is 0 Å². The third kappa shape index (κ3) is 34.5. The number of hydrogen-bond donors (Lipinski definition) is 10. The van der Waals surface area contributed by atoms with Crippen LogP contribution in [-0.2, 0) is 102 Å². The predicted molar refractivity (Wildman–Crippen MR) is 589 cm³/mol. The SMILES string of the molecule is CCCCCO[C@@H]1Cc2ccccc2C1NC(=O)[C@@H]1CCCN1C(=O)[C@@H](NC(=O)[C@H](C)NC)C(C)(C)C.CCCO[C@@H]1Cc2ccccc2[C@@H]1NC(=O)[C@@H]1CCCN1C(=O)[C@@H](NC(=O)[C@H](C)CC)C(C)(C)C.CC[C@@H](C)C(=O)NC(C(=O)N1CCC[C@H]1C(=O)NC)C(C)(C)C.CN[C@@H](C)C(=O)N[C@H](C(=O)N1CCC[C@H]1C(=O)NC1c2ccccc2C[C@H]1OCC#CC#CCO[C@@H]1Cc2ccccc2[C@@H]1C)C(C)(C)C.Cl.Cl.Cl.Cl. The van der Waals surface area contributed by atoms with Gasteiger partial charge in [0.1, 0.15) is 61.5 Å². The maximum Gasteiger partial charge on any atom is 0.246 e. The number of carbonyl (C=O) groups excluding carboxylic acids is 12. The summed E-state index contributed by atoms with van der Waals surface area (Å²) in [6.45, 7) is 44.5. The lowest BCUT2D eigenvalue weighted by atomic mass is 9.85. The molecule has 4 aromatic carbocycles. The van der Waals surface area contributed by atoms with Crippen molar-refractivity contribution in [3.63, 3.8) is 0 Å². The topological polar surface area (TPSA) is 375 Å². The van der Waals surface area contributed by atoms with Crippen LogP contribution in [0.25, 0.3) is 0 Å². The second kappa shape index (κ2) is 60.1. The standard InChI is InChI=1S/C40H50N4O5.C29H46N4O4.C28H43N3O4.C17H31N3O3.4ClH/c1-26-30-18-11-9-16-28(30)24-33(26)48-22-13-7-8-14-23-49-34-25-29-17-10-12-19-31(29)35(34)42-38(46)32-20-15-21-44(32)39(47)36(40(3,4)5)43-37(45)27(2)41-6;1-7-8-11-17-37-23-18-20-13-9-10-14-21(20)24(23)31-27(35)22-15-12-16-33(22)28(36)25(29(3,4)5)32-26(34)19(2)30-6;1-7-16-35-22-17-19-12-9-10-13-20(19)23(22)29-26(33)21-14-11-15-31(21)27(34)24(28(4,5)6)30-25(32)18(3)8-2;1-7-11(2)14(21)19-13(17(3,4)5)16(23)20-10-8-9-12(20)15(22)18-6;;;;/h9-12,16-19,26-27,32-36,41H,15,20-25H2,1-6H3,(H,42,46)(H,43,45);9-10,13-14,19,22-25,30H,7-8,11-12,15-18H2,1-6H3,(H,31,35)(H,32,34);9-10,12-13,18,21-24H,7-8,11,14-17H2,1-6H3,(H,29,33)(H,30,32);11-13H,7-10H2,1-6H3,(H,18,22)(H,19,21);4*1H/t26-,27-,32-,33+,34+,35?,36+;19-,22-,23+,24?,25+;18-,21+,22-,23+,24-;11-,12+,13?;;;;/m0011..../s1. The molecule has 0 aromatic heterocycles. The number of nitrogens with one attached hydrogen (secondary N) is 10. The first-order valence-electron chi connectivity index (χ1n) is 52.9. The number of likely N-dealkylation sites (N-methyl/N-ethyl adjacent to an activating group) is 3. The predicted octanol–water partition coefficient (Wildman–Crippen LogP) is 13.5. The minimum atomic E-state index is -0.774. The number of carbonyl (C=O) groups is 12. The lowest BCUT2D eigenvalue weighted by Gasteiger charge is -2.36. The lowest BCUT2D eigenvalue weighted by Crippen LogP contribution is -2.59. The van der Waals surface area contributed by atoms with Gasteiger partial charge < -0.3 is 91.7 Å². The fraction of sp³-hybridized carbons (Fsp3) is 0.649. The first-order valence-corrected chi connectivity index (χ1v) is 52.9. The van der Waals surface area contributed by atoms with E-state index in [0.717, 1.165) is 92.9 Å². The van der Waals surface area contributed by atoms with Crippen molar-refractivity contribution in [1.82, 2.24) is 72.8 Å². The third-order valence-corrected chi connectivity index (χ3v) is 29.5. The third-order valence-electron chi connectivity index (χ3n) is 29.5. The molecule has 34 heteroatoms. The van der Waals surface area contributed by atoms with Crippen molar-refractivity contribution in [2.24, 2.45) is 33.5 Å². The summed E-state index contributed by atoms with van der Waals surface area (Å²) in [5.74, 6) is 9.56. The Kier molecular flexibility index (Phi) is 52.4. The van der Waals surface area contributed by atoms with Gasteiger partial charge >= 0.3 is 0 Å². The number of nitrogens with zero attached hydrogens (tertiary/aromatic N) is 4. The lowest BCUT2D eigenvalue weighted by molar-refractivity contribution is -0.144. The molecule has 4 fully saturated rings. The maximum absolute atomic E-state index is 13.9. The molecule has 30 nitrogen and oxygen atoms in total. The summed E-state index contributed by atoms with van der Waals surface area (Å²) in [4.78, 5) is 164. The largest absolute Gasteiger partial charge is 0.375 e. The molecule has 10 N–H and O–H groups in total. The monoisotopic (exact) mass is 2140 g/mol. The van der Waals surface area contributed by atoms with E-state index in [0.29, 0.717) is 96.9 Å². The number of rotatable bonds is 35. The summed E-state index contributed by atoms with van der Waals surface area (Å²) >= 11 is 0. The van der Waals surface area contributed by atoms with E-state index in [9.17, 15) is 57.5 Å². The van der Waals surface area contributed by atoms with Gasteiger partial charge in [0, 0.05) is 83.5 Å². The molecule has 0 spiro atoms. The average Bonchev–Trinajstić information content (AvgIpc) is 1.64. The highest BCUT2D eigenvalue weighted by molar-refractivity contribution is 5.97. The van der Waals surface area contributed by atoms with Crippen LogP contribution in [0.1, 0.15) is 304 Å². The molecular formula is C114H174Cl4N14O16. The van der Waals surface area contributed by atoms with Gasteiger partial charge in [-0.05, 0) is 189 Å². The molecule has 0 saturated carbocycles. The summed E-state index contributed by atoms with van der Waals surface area (Å²) in [6.07, 6.45) is 13.7. The summed E-state index contributed by atoms with van der Waals surface area (Å²) in [5, 5.41) is 29.9. The van der Waals surface area contributed by atoms with E-state index in [1.807, 2.05) is 165 Å². The maximum atomic E-state index is 13.9. The Morgan fingerprint density at radius 1 is 0.358 bits per heavy atom. The van der Waals surface area contributed by atoms with Crippen LogP contribution in [0.3, 0.4) is 0 Å². The van der Waals surface area contributed by atoms with Crippen LogP contribution < -0.4 is 53.2 Å². The zero-order chi connectivity index (χ0) is 106. The number of fused-ring (bicyclic) bond motifs is 4. The number of amides is 12. The average molecular weight is 2140 g/mol. The van der Waals surface area contributed by atoms with Crippen molar-refractivity contribution >= 4 is 121 Å². The van der Waals surface area contributed by atoms with Crippen molar-refractivity contribution in [2.45, 2.75) is 370 Å². The van der Waals surface area contributed by atoms with Crippen LogP contribution in [0.2, 0.25) is 0 Å². The Morgan fingerprint density at radius 3 is 0.926 bits per heavy atom. The molecule has 8 aliphatic rings. The summed E-state index contributed by atoms with van der Waals surface area (Å²) in [5.41, 5.74) is 7.42. The van der Waals surface area contributed by atoms with Gasteiger partial charge in [0.05, 0.1) is 54.6 Å².